The Morgan fingerprint density at radius 3 is 2.47 bits per heavy atom. The average molecular weight is 239 g/mol. The van der Waals surface area contributed by atoms with Crippen LogP contribution in [0.3, 0.4) is 0 Å². The van der Waals surface area contributed by atoms with Crippen molar-refractivity contribution in [2.75, 3.05) is 11.9 Å². The molecule has 0 radical (unpaired) electrons. The van der Waals surface area contributed by atoms with Crippen LogP contribution in [0.5, 0.6) is 0 Å². The van der Waals surface area contributed by atoms with Crippen molar-refractivity contribution in [3.63, 3.8) is 0 Å². The molecule has 0 atom stereocenters. The smallest absolute Gasteiger partial charge is 0.321 e. The Morgan fingerprint density at radius 2 is 1.94 bits per heavy atom. The van der Waals surface area contributed by atoms with Crippen molar-refractivity contribution >= 4 is 6.01 Å². The second kappa shape index (κ2) is 4.29. The summed E-state index contributed by atoms with van der Waals surface area (Å²) in [6, 6.07) is 0.390. The molecule has 1 saturated carbocycles. The molecule has 1 aliphatic rings. The largest absolute Gasteiger partial charge is 0.388 e. The van der Waals surface area contributed by atoms with Crippen molar-refractivity contribution in [1.29, 1.82) is 0 Å². The molecule has 5 nitrogen and oxygen atoms in total. The molecule has 1 aromatic heterocycles. The van der Waals surface area contributed by atoms with Crippen molar-refractivity contribution < 1.29 is 9.63 Å². The van der Waals surface area contributed by atoms with Gasteiger partial charge < -0.3 is 14.9 Å². The van der Waals surface area contributed by atoms with Gasteiger partial charge in [-0.1, -0.05) is 19.0 Å². The molecule has 0 bridgehead atoms. The highest BCUT2D eigenvalue weighted by Crippen LogP contribution is 2.40. The summed E-state index contributed by atoms with van der Waals surface area (Å²) in [5.74, 6) is 0.601. The molecule has 5 heteroatoms. The summed E-state index contributed by atoms with van der Waals surface area (Å²) < 4.78 is 4.96. The van der Waals surface area contributed by atoms with Gasteiger partial charge >= 0.3 is 6.01 Å². The zero-order valence-corrected chi connectivity index (χ0v) is 10.8. The van der Waals surface area contributed by atoms with Gasteiger partial charge in [0.1, 0.15) is 0 Å². The minimum Gasteiger partial charge on any atom is -0.388 e. The Morgan fingerprint density at radius 1 is 1.29 bits per heavy atom. The van der Waals surface area contributed by atoms with E-state index in [0.29, 0.717) is 23.8 Å². The van der Waals surface area contributed by atoms with Gasteiger partial charge in [-0.2, -0.15) is 4.98 Å². The van der Waals surface area contributed by atoms with Gasteiger partial charge in [0.05, 0.1) is 5.60 Å². The number of rotatable bonds is 3. The average Bonchev–Trinajstić information content (AvgIpc) is 2.67. The molecule has 17 heavy (non-hydrogen) atoms. The fourth-order valence-electron chi connectivity index (χ4n) is 2.18. The lowest BCUT2D eigenvalue weighted by molar-refractivity contribution is -0.0149. The van der Waals surface area contributed by atoms with E-state index in [4.69, 9.17) is 4.52 Å². The van der Waals surface area contributed by atoms with E-state index in [1.165, 1.54) is 0 Å². The molecule has 1 heterocycles. The van der Waals surface area contributed by atoms with Crippen molar-refractivity contribution in [1.82, 2.24) is 10.1 Å². The van der Waals surface area contributed by atoms with E-state index in [1.54, 1.807) is 6.92 Å². The number of nitrogens with one attached hydrogen (secondary N) is 1. The maximum absolute atomic E-state index is 10.4. The van der Waals surface area contributed by atoms with Gasteiger partial charge in [-0.05, 0) is 38.0 Å². The van der Waals surface area contributed by atoms with Crippen LogP contribution < -0.4 is 5.32 Å². The Hall–Kier alpha value is -1.10. The SMILES string of the molecule is Cc1noc(NCC2(O)CCC(C)(C)CC2)n1. The Kier molecular flexibility index (Phi) is 3.12. The number of anilines is 1. The van der Waals surface area contributed by atoms with E-state index >= 15 is 0 Å². The van der Waals surface area contributed by atoms with Crippen LogP contribution in [0.25, 0.3) is 0 Å². The van der Waals surface area contributed by atoms with E-state index < -0.39 is 5.60 Å². The molecule has 0 saturated heterocycles. The van der Waals surface area contributed by atoms with Crippen LogP contribution in [0.2, 0.25) is 0 Å². The van der Waals surface area contributed by atoms with Gasteiger partial charge in [-0.25, -0.2) is 0 Å². The van der Waals surface area contributed by atoms with Gasteiger partial charge in [0.25, 0.3) is 0 Å². The first-order valence-corrected chi connectivity index (χ1v) is 6.15. The molecule has 1 aromatic rings. The fourth-order valence-corrected chi connectivity index (χ4v) is 2.18. The number of aromatic nitrogens is 2. The van der Waals surface area contributed by atoms with Gasteiger partial charge in [-0.15, -0.1) is 0 Å². The van der Waals surface area contributed by atoms with E-state index in [9.17, 15) is 5.11 Å². The second-order valence-electron chi connectivity index (χ2n) is 5.89. The standard InChI is InChI=1S/C12H21N3O2/c1-9-14-10(17-15-9)13-8-12(16)6-4-11(2,3)5-7-12/h16H,4-8H2,1-3H3,(H,13,14,15). The maximum atomic E-state index is 10.4. The zero-order chi connectivity index (χ0) is 12.5. The van der Waals surface area contributed by atoms with Crippen LogP contribution >= 0.6 is 0 Å². The van der Waals surface area contributed by atoms with Crippen molar-refractivity contribution in [2.24, 2.45) is 5.41 Å². The number of aryl methyl sites for hydroxylation is 1. The number of aliphatic hydroxyl groups is 1. The van der Waals surface area contributed by atoms with E-state index in [-0.39, 0.29) is 0 Å². The molecule has 2 rings (SSSR count). The lowest BCUT2D eigenvalue weighted by Gasteiger charge is -2.40. The van der Waals surface area contributed by atoms with Crippen molar-refractivity contribution in [3.05, 3.63) is 5.82 Å². The molecule has 0 aromatic carbocycles. The minimum atomic E-state index is -0.641. The molecule has 0 spiro atoms. The topological polar surface area (TPSA) is 71.2 Å². The number of hydrogen-bond donors (Lipinski definition) is 2. The van der Waals surface area contributed by atoms with Crippen LogP contribution in [-0.4, -0.2) is 27.4 Å². The van der Waals surface area contributed by atoms with Gasteiger partial charge in [0.15, 0.2) is 5.82 Å². The molecule has 1 fully saturated rings. The first-order chi connectivity index (χ1) is 7.89. The summed E-state index contributed by atoms with van der Waals surface area (Å²) in [5.41, 5.74) is -0.287. The van der Waals surface area contributed by atoms with E-state index in [0.717, 1.165) is 25.7 Å². The third kappa shape index (κ3) is 3.19. The number of hydrogen-bond acceptors (Lipinski definition) is 5. The third-order valence-corrected chi connectivity index (χ3v) is 3.63. The highest BCUT2D eigenvalue weighted by Gasteiger charge is 2.36. The monoisotopic (exact) mass is 239 g/mol. The maximum Gasteiger partial charge on any atom is 0.321 e. The highest BCUT2D eigenvalue weighted by molar-refractivity contribution is 5.19. The normalized spacial score (nSPS) is 22.4. The summed E-state index contributed by atoms with van der Waals surface area (Å²) in [6.45, 7) is 6.75. The summed E-state index contributed by atoms with van der Waals surface area (Å²) in [5, 5.41) is 17.1. The molecule has 2 N–H and O–H groups in total. The van der Waals surface area contributed by atoms with Crippen LogP contribution in [0, 0.1) is 12.3 Å². The van der Waals surface area contributed by atoms with Crippen LogP contribution in [-0.2, 0) is 0 Å². The quantitative estimate of drug-likeness (QED) is 0.845. The summed E-state index contributed by atoms with van der Waals surface area (Å²) >= 11 is 0. The summed E-state index contributed by atoms with van der Waals surface area (Å²) in [4.78, 5) is 4.05. The number of nitrogens with zero attached hydrogens (tertiary/aromatic N) is 2. The lowest BCUT2D eigenvalue weighted by Crippen LogP contribution is -2.42. The molecule has 0 unspecified atom stereocenters. The van der Waals surface area contributed by atoms with Crippen LogP contribution in [0.15, 0.2) is 4.52 Å². The molecular formula is C12H21N3O2. The summed E-state index contributed by atoms with van der Waals surface area (Å²) in [6.07, 6.45) is 3.74. The molecule has 0 aliphatic heterocycles. The van der Waals surface area contributed by atoms with Gasteiger partial charge in [0, 0.05) is 6.54 Å². The second-order valence-corrected chi connectivity index (χ2v) is 5.89. The predicted molar refractivity (Wildman–Crippen MR) is 64.7 cm³/mol. The predicted octanol–water partition coefficient (Wildman–Crippen LogP) is 2.12. The van der Waals surface area contributed by atoms with Crippen molar-refractivity contribution in [3.8, 4) is 0 Å². The Balaban J connectivity index is 1.87. The zero-order valence-electron chi connectivity index (χ0n) is 10.8. The highest BCUT2D eigenvalue weighted by atomic mass is 16.5. The van der Waals surface area contributed by atoms with Crippen molar-refractivity contribution in [2.45, 2.75) is 52.1 Å². The van der Waals surface area contributed by atoms with Gasteiger partial charge in [0.2, 0.25) is 0 Å². The third-order valence-electron chi connectivity index (χ3n) is 3.63. The van der Waals surface area contributed by atoms with Crippen LogP contribution in [0.4, 0.5) is 6.01 Å². The minimum absolute atomic E-state index is 0.354. The molecular weight excluding hydrogens is 218 g/mol. The molecule has 0 amide bonds. The fraction of sp³-hybridized carbons (Fsp3) is 0.833. The molecule has 96 valence electrons. The van der Waals surface area contributed by atoms with Crippen LogP contribution in [0.1, 0.15) is 45.4 Å². The molecule has 1 aliphatic carbocycles. The van der Waals surface area contributed by atoms with E-state index in [1.807, 2.05) is 0 Å². The summed E-state index contributed by atoms with van der Waals surface area (Å²) in [7, 11) is 0. The Labute approximate surface area is 102 Å². The van der Waals surface area contributed by atoms with E-state index in [2.05, 4.69) is 29.3 Å². The first-order valence-electron chi connectivity index (χ1n) is 6.15. The first kappa shape index (κ1) is 12.4. The Bertz CT molecular complexity index is 377. The lowest BCUT2D eigenvalue weighted by atomic mass is 9.71. The van der Waals surface area contributed by atoms with Gasteiger partial charge in [-0.3, -0.25) is 0 Å².